The Morgan fingerprint density at radius 1 is 1.20 bits per heavy atom. The van der Waals surface area contributed by atoms with Crippen molar-refractivity contribution in [3.05, 3.63) is 35.9 Å². The molecule has 0 saturated heterocycles. The Hall–Kier alpha value is -1.31. The van der Waals surface area contributed by atoms with Crippen molar-refractivity contribution in [1.82, 2.24) is 0 Å². The van der Waals surface area contributed by atoms with Crippen LogP contribution in [-0.4, -0.2) is 11.1 Å². The maximum atomic E-state index is 9.00. The van der Waals surface area contributed by atoms with Crippen molar-refractivity contribution in [2.24, 2.45) is 0 Å². The van der Waals surface area contributed by atoms with Crippen LogP contribution in [0.3, 0.4) is 0 Å². The second-order valence-electron chi connectivity index (χ2n) is 3.46. The van der Waals surface area contributed by atoms with Gasteiger partial charge in [-0.2, -0.15) is 0 Å². The SMILES string of the molecule is CC(=O)O.CCCCCc1ccccc1. The fraction of sp³-hybridized carbons (Fsp3) is 0.462. The predicted octanol–water partition coefficient (Wildman–Crippen LogP) is 3.51. The van der Waals surface area contributed by atoms with Gasteiger partial charge in [0.25, 0.3) is 5.97 Å². The summed E-state index contributed by atoms with van der Waals surface area (Å²) in [7, 11) is 0. The van der Waals surface area contributed by atoms with Gasteiger partial charge in [0.2, 0.25) is 0 Å². The van der Waals surface area contributed by atoms with Crippen molar-refractivity contribution < 1.29 is 9.90 Å². The van der Waals surface area contributed by atoms with Crippen LogP contribution in [-0.2, 0) is 11.2 Å². The fourth-order valence-electron chi connectivity index (χ4n) is 1.22. The number of hydrogen-bond donors (Lipinski definition) is 1. The van der Waals surface area contributed by atoms with E-state index < -0.39 is 5.97 Å². The molecular weight excluding hydrogens is 188 g/mol. The van der Waals surface area contributed by atoms with Crippen LogP contribution in [0.5, 0.6) is 0 Å². The van der Waals surface area contributed by atoms with E-state index in [1.165, 1.54) is 31.2 Å². The molecule has 0 saturated carbocycles. The number of carboxylic acid groups (broad SMARTS) is 1. The van der Waals surface area contributed by atoms with Gasteiger partial charge in [-0.3, -0.25) is 4.79 Å². The van der Waals surface area contributed by atoms with Gasteiger partial charge >= 0.3 is 0 Å². The van der Waals surface area contributed by atoms with Gasteiger partial charge in [-0.05, 0) is 18.4 Å². The van der Waals surface area contributed by atoms with E-state index >= 15 is 0 Å². The summed E-state index contributed by atoms with van der Waals surface area (Å²) in [5.74, 6) is -0.833. The van der Waals surface area contributed by atoms with Crippen molar-refractivity contribution in [1.29, 1.82) is 0 Å². The number of hydrogen-bond acceptors (Lipinski definition) is 1. The van der Waals surface area contributed by atoms with Crippen LogP contribution in [0, 0.1) is 0 Å². The Bertz CT molecular complexity index is 250. The van der Waals surface area contributed by atoms with Crippen LogP contribution >= 0.6 is 0 Å². The van der Waals surface area contributed by atoms with E-state index in [2.05, 4.69) is 37.3 Å². The number of benzene rings is 1. The molecule has 0 aliphatic rings. The highest BCUT2D eigenvalue weighted by molar-refractivity contribution is 5.62. The first-order chi connectivity index (χ1) is 7.16. The lowest BCUT2D eigenvalue weighted by atomic mass is 10.1. The molecule has 0 aliphatic carbocycles. The van der Waals surface area contributed by atoms with E-state index in [1.807, 2.05) is 0 Å². The second-order valence-corrected chi connectivity index (χ2v) is 3.46. The lowest BCUT2D eigenvalue weighted by Crippen LogP contribution is -1.83. The molecule has 1 aromatic carbocycles. The molecule has 1 aromatic rings. The van der Waals surface area contributed by atoms with Crippen molar-refractivity contribution >= 4 is 5.97 Å². The highest BCUT2D eigenvalue weighted by Gasteiger charge is 1.89. The molecule has 1 rings (SSSR count). The molecule has 0 heterocycles. The minimum atomic E-state index is -0.833. The summed E-state index contributed by atoms with van der Waals surface area (Å²) in [6, 6.07) is 10.7. The van der Waals surface area contributed by atoms with E-state index in [0.717, 1.165) is 6.92 Å². The molecule has 0 spiro atoms. The molecule has 15 heavy (non-hydrogen) atoms. The number of carboxylic acids is 1. The summed E-state index contributed by atoms with van der Waals surface area (Å²) < 4.78 is 0. The number of aliphatic carboxylic acids is 1. The van der Waals surface area contributed by atoms with Gasteiger partial charge in [-0.15, -0.1) is 0 Å². The van der Waals surface area contributed by atoms with Gasteiger partial charge in [0.1, 0.15) is 0 Å². The molecular formula is C13H20O2. The van der Waals surface area contributed by atoms with Gasteiger partial charge in [-0.1, -0.05) is 50.1 Å². The van der Waals surface area contributed by atoms with Crippen molar-refractivity contribution in [2.45, 2.75) is 39.5 Å². The summed E-state index contributed by atoms with van der Waals surface area (Å²) in [4.78, 5) is 9.00. The number of unbranched alkanes of at least 4 members (excludes halogenated alkanes) is 2. The standard InChI is InChI=1S/C11H16.C2H4O2/c1-2-3-5-8-11-9-6-4-7-10-11;1-2(3)4/h4,6-7,9-10H,2-3,5,8H2,1H3;1H3,(H,3,4). The lowest BCUT2D eigenvalue weighted by Gasteiger charge is -1.98. The molecule has 0 amide bonds. The van der Waals surface area contributed by atoms with Crippen LogP contribution in [0.2, 0.25) is 0 Å². The van der Waals surface area contributed by atoms with Crippen LogP contribution in [0.4, 0.5) is 0 Å². The molecule has 0 aliphatic heterocycles. The Morgan fingerprint density at radius 2 is 1.73 bits per heavy atom. The zero-order valence-electron chi connectivity index (χ0n) is 9.57. The third-order valence-electron chi connectivity index (χ3n) is 1.91. The summed E-state index contributed by atoms with van der Waals surface area (Å²) in [5, 5.41) is 7.42. The third kappa shape index (κ3) is 10.6. The first-order valence-electron chi connectivity index (χ1n) is 5.40. The Balaban J connectivity index is 0.000000423. The maximum absolute atomic E-state index is 9.00. The minimum absolute atomic E-state index is 0.833. The molecule has 0 radical (unpaired) electrons. The van der Waals surface area contributed by atoms with Crippen LogP contribution in [0.25, 0.3) is 0 Å². The van der Waals surface area contributed by atoms with Gasteiger partial charge in [0.15, 0.2) is 0 Å². The molecule has 2 nitrogen and oxygen atoms in total. The second kappa shape index (κ2) is 9.25. The van der Waals surface area contributed by atoms with Gasteiger partial charge in [0.05, 0.1) is 0 Å². The van der Waals surface area contributed by atoms with Crippen molar-refractivity contribution in [2.75, 3.05) is 0 Å². The highest BCUT2D eigenvalue weighted by Crippen LogP contribution is 2.05. The maximum Gasteiger partial charge on any atom is 0.300 e. The smallest absolute Gasteiger partial charge is 0.300 e. The molecule has 2 heteroatoms. The third-order valence-corrected chi connectivity index (χ3v) is 1.91. The Kier molecular flexibility index (Phi) is 8.44. The molecule has 0 bridgehead atoms. The van der Waals surface area contributed by atoms with Gasteiger partial charge in [-0.25, -0.2) is 0 Å². The van der Waals surface area contributed by atoms with Gasteiger partial charge < -0.3 is 5.11 Å². The van der Waals surface area contributed by atoms with Crippen molar-refractivity contribution in [3.8, 4) is 0 Å². The Labute approximate surface area is 91.9 Å². The zero-order valence-corrected chi connectivity index (χ0v) is 9.57. The molecule has 0 atom stereocenters. The lowest BCUT2D eigenvalue weighted by molar-refractivity contribution is -0.134. The molecule has 1 N–H and O–H groups in total. The molecule has 0 unspecified atom stereocenters. The summed E-state index contributed by atoms with van der Waals surface area (Å²) in [5.41, 5.74) is 1.47. The fourth-order valence-corrected chi connectivity index (χ4v) is 1.22. The predicted molar refractivity (Wildman–Crippen MR) is 63.0 cm³/mol. The summed E-state index contributed by atoms with van der Waals surface area (Å²) in [6.45, 7) is 3.32. The van der Waals surface area contributed by atoms with Crippen LogP contribution in [0.15, 0.2) is 30.3 Å². The monoisotopic (exact) mass is 208 g/mol. The van der Waals surface area contributed by atoms with Gasteiger partial charge in [0, 0.05) is 6.92 Å². The number of aryl methyl sites for hydroxylation is 1. The first-order valence-corrected chi connectivity index (χ1v) is 5.40. The quantitative estimate of drug-likeness (QED) is 0.769. The number of rotatable bonds is 4. The van der Waals surface area contributed by atoms with E-state index in [0.29, 0.717) is 0 Å². The zero-order chi connectivity index (χ0) is 11.5. The van der Waals surface area contributed by atoms with Crippen LogP contribution < -0.4 is 0 Å². The molecule has 0 fully saturated rings. The minimum Gasteiger partial charge on any atom is -0.481 e. The van der Waals surface area contributed by atoms with E-state index in [1.54, 1.807) is 0 Å². The number of carbonyl (C=O) groups is 1. The first kappa shape index (κ1) is 13.7. The highest BCUT2D eigenvalue weighted by atomic mass is 16.4. The Morgan fingerprint density at radius 3 is 2.20 bits per heavy atom. The topological polar surface area (TPSA) is 37.3 Å². The largest absolute Gasteiger partial charge is 0.481 e. The average molecular weight is 208 g/mol. The van der Waals surface area contributed by atoms with Crippen LogP contribution in [0.1, 0.15) is 38.7 Å². The van der Waals surface area contributed by atoms with Crippen molar-refractivity contribution in [3.63, 3.8) is 0 Å². The average Bonchev–Trinajstić information content (AvgIpc) is 2.19. The van der Waals surface area contributed by atoms with E-state index in [4.69, 9.17) is 9.90 Å². The molecule has 0 aromatic heterocycles. The molecule has 84 valence electrons. The van der Waals surface area contributed by atoms with E-state index in [9.17, 15) is 0 Å². The summed E-state index contributed by atoms with van der Waals surface area (Å²) in [6.07, 6.45) is 5.25. The normalized spacial score (nSPS) is 8.93. The summed E-state index contributed by atoms with van der Waals surface area (Å²) >= 11 is 0. The van der Waals surface area contributed by atoms with E-state index in [-0.39, 0.29) is 0 Å².